The molecule has 0 aliphatic rings. The fraction of sp³-hybridized carbons (Fsp3) is 0.455. The summed E-state index contributed by atoms with van der Waals surface area (Å²) in [5, 5.41) is 0. The molecule has 0 aliphatic carbocycles. The van der Waals surface area contributed by atoms with Gasteiger partial charge in [-0.2, -0.15) is 0 Å². The Bertz CT molecular complexity index is 300. The third kappa shape index (κ3) is 3.44. The van der Waals surface area contributed by atoms with Crippen LogP contribution in [0.4, 0.5) is 0 Å². The van der Waals surface area contributed by atoms with E-state index in [1.54, 1.807) is 12.4 Å². The van der Waals surface area contributed by atoms with Crippen LogP contribution in [-0.4, -0.2) is 16.6 Å². The molecule has 0 fully saturated rings. The maximum absolute atomic E-state index is 5.21. The second-order valence-corrected chi connectivity index (χ2v) is 2.93. The summed E-state index contributed by atoms with van der Waals surface area (Å²) in [5.41, 5.74) is 1.14. The van der Waals surface area contributed by atoms with Crippen molar-refractivity contribution in [3.05, 3.63) is 18.0 Å². The molecule has 1 aromatic heterocycles. The van der Waals surface area contributed by atoms with Gasteiger partial charge in [0.15, 0.2) is 0 Å². The van der Waals surface area contributed by atoms with E-state index in [4.69, 9.17) is 11.2 Å². The number of hydrogen-bond donors (Lipinski definition) is 0. The summed E-state index contributed by atoms with van der Waals surface area (Å²) in [4.78, 5) is 8.13. The SMILES string of the molecule is C#CCCOc1ncc(CCC)cn1. The first-order chi connectivity index (χ1) is 6.86. The topological polar surface area (TPSA) is 35.0 Å². The lowest BCUT2D eigenvalue weighted by atomic mass is 10.2. The summed E-state index contributed by atoms with van der Waals surface area (Å²) in [6, 6.07) is 0.403. The predicted octanol–water partition coefficient (Wildman–Crippen LogP) is 1.83. The number of rotatable bonds is 5. The smallest absolute Gasteiger partial charge is 0.316 e. The molecule has 0 N–H and O–H groups in total. The van der Waals surface area contributed by atoms with Crippen molar-refractivity contribution in [2.75, 3.05) is 6.61 Å². The van der Waals surface area contributed by atoms with Gasteiger partial charge >= 0.3 is 6.01 Å². The Morgan fingerprint density at radius 3 is 2.71 bits per heavy atom. The molecule has 1 aromatic rings. The highest BCUT2D eigenvalue weighted by molar-refractivity contribution is 5.07. The number of aryl methyl sites for hydroxylation is 1. The molecule has 0 saturated carbocycles. The Balaban J connectivity index is 2.43. The van der Waals surface area contributed by atoms with Crippen LogP contribution in [0.2, 0.25) is 0 Å². The van der Waals surface area contributed by atoms with Crippen LogP contribution < -0.4 is 4.74 Å². The van der Waals surface area contributed by atoms with Crippen molar-refractivity contribution in [3.8, 4) is 18.4 Å². The third-order valence-electron chi connectivity index (χ3n) is 1.70. The second-order valence-electron chi connectivity index (χ2n) is 2.93. The average molecular weight is 190 g/mol. The molecule has 1 heterocycles. The van der Waals surface area contributed by atoms with Gasteiger partial charge in [-0.15, -0.1) is 12.3 Å². The summed E-state index contributed by atoms with van der Waals surface area (Å²) in [5.74, 6) is 2.49. The van der Waals surface area contributed by atoms with E-state index < -0.39 is 0 Å². The number of ether oxygens (including phenoxy) is 1. The first-order valence-corrected chi connectivity index (χ1v) is 4.74. The Kier molecular flexibility index (Phi) is 4.49. The van der Waals surface area contributed by atoms with Crippen molar-refractivity contribution in [3.63, 3.8) is 0 Å². The lowest BCUT2D eigenvalue weighted by Crippen LogP contribution is -2.00. The summed E-state index contributed by atoms with van der Waals surface area (Å²) in [7, 11) is 0. The van der Waals surface area contributed by atoms with Crippen LogP contribution >= 0.6 is 0 Å². The van der Waals surface area contributed by atoms with Crippen LogP contribution in [0.15, 0.2) is 12.4 Å². The van der Waals surface area contributed by atoms with Crippen molar-refractivity contribution >= 4 is 0 Å². The van der Waals surface area contributed by atoms with Gasteiger partial charge in [0.05, 0.1) is 0 Å². The Hall–Kier alpha value is -1.56. The minimum atomic E-state index is 0.403. The van der Waals surface area contributed by atoms with E-state index in [-0.39, 0.29) is 0 Å². The fourth-order valence-corrected chi connectivity index (χ4v) is 1.04. The molecule has 3 nitrogen and oxygen atoms in total. The van der Waals surface area contributed by atoms with Gasteiger partial charge < -0.3 is 4.74 Å². The van der Waals surface area contributed by atoms with Crippen molar-refractivity contribution in [2.24, 2.45) is 0 Å². The molecule has 0 spiro atoms. The molecule has 0 bridgehead atoms. The zero-order valence-electron chi connectivity index (χ0n) is 8.36. The minimum Gasteiger partial charge on any atom is -0.462 e. The van der Waals surface area contributed by atoms with Crippen molar-refractivity contribution in [1.82, 2.24) is 9.97 Å². The number of hydrogen-bond acceptors (Lipinski definition) is 3. The predicted molar refractivity (Wildman–Crippen MR) is 55.0 cm³/mol. The zero-order chi connectivity index (χ0) is 10.2. The number of terminal acetylenes is 1. The molecule has 0 unspecified atom stereocenters. The standard InChI is InChI=1S/C11H14N2O/c1-3-5-7-14-11-12-8-10(6-4-2)9-13-11/h1,8-9H,4-7H2,2H3. The molecule has 14 heavy (non-hydrogen) atoms. The molecule has 0 amide bonds. The highest BCUT2D eigenvalue weighted by atomic mass is 16.5. The normalized spacial score (nSPS) is 9.43. The monoisotopic (exact) mass is 190 g/mol. The molecule has 0 radical (unpaired) electrons. The van der Waals surface area contributed by atoms with Crippen molar-refractivity contribution in [1.29, 1.82) is 0 Å². The van der Waals surface area contributed by atoms with E-state index in [1.165, 1.54) is 0 Å². The average Bonchev–Trinajstić information content (AvgIpc) is 2.21. The first kappa shape index (κ1) is 10.5. The van der Waals surface area contributed by atoms with Gasteiger partial charge in [-0.05, 0) is 12.0 Å². The highest BCUT2D eigenvalue weighted by Crippen LogP contribution is 2.04. The van der Waals surface area contributed by atoms with Gasteiger partial charge in [0.25, 0.3) is 0 Å². The van der Waals surface area contributed by atoms with Gasteiger partial charge in [0.1, 0.15) is 6.61 Å². The van der Waals surface area contributed by atoms with E-state index in [0.29, 0.717) is 19.0 Å². The van der Waals surface area contributed by atoms with E-state index in [2.05, 4.69) is 22.8 Å². The number of aromatic nitrogens is 2. The van der Waals surface area contributed by atoms with Crippen LogP contribution in [0.1, 0.15) is 25.3 Å². The van der Waals surface area contributed by atoms with Crippen LogP contribution in [0, 0.1) is 12.3 Å². The van der Waals surface area contributed by atoms with E-state index in [9.17, 15) is 0 Å². The van der Waals surface area contributed by atoms with Gasteiger partial charge in [-0.3, -0.25) is 0 Å². The molecule has 0 saturated heterocycles. The molecule has 1 rings (SSSR count). The van der Waals surface area contributed by atoms with Crippen molar-refractivity contribution in [2.45, 2.75) is 26.2 Å². The lowest BCUT2D eigenvalue weighted by Gasteiger charge is -2.02. The first-order valence-electron chi connectivity index (χ1n) is 4.74. The molecule has 3 heteroatoms. The Labute approximate surface area is 84.5 Å². The number of nitrogens with zero attached hydrogens (tertiary/aromatic N) is 2. The molecule has 0 aromatic carbocycles. The van der Waals surface area contributed by atoms with Gasteiger partial charge in [0.2, 0.25) is 0 Å². The third-order valence-corrected chi connectivity index (χ3v) is 1.70. The van der Waals surface area contributed by atoms with Gasteiger partial charge in [-0.25, -0.2) is 9.97 Å². The van der Waals surface area contributed by atoms with Crippen LogP contribution in [0.5, 0.6) is 6.01 Å². The minimum absolute atomic E-state index is 0.403. The molecular weight excluding hydrogens is 176 g/mol. The maximum atomic E-state index is 5.21. The maximum Gasteiger partial charge on any atom is 0.316 e. The molecular formula is C11H14N2O. The quantitative estimate of drug-likeness (QED) is 0.525. The van der Waals surface area contributed by atoms with E-state index in [0.717, 1.165) is 18.4 Å². The summed E-state index contributed by atoms with van der Waals surface area (Å²) >= 11 is 0. The molecule has 74 valence electrons. The summed E-state index contributed by atoms with van der Waals surface area (Å²) in [6.07, 6.45) is 11.4. The lowest BCUT2D eigenvalue weighted by molar-refractivity contribution is 0.300. The van der Waals surface area contributed by atoms with Gasteiger partial charge in [-0.1, -0.05) is 13.3 Å². The summed E-state index contributed by atoms with van der Waals surface area (Å²) in [6.45, 7) is 2.60. The molecule has 0 atom stereocenters. The Morgan fingerprint density at radius 2 is 2.14 bits per heavy atom. The van der Waals surface area contributed by atoms with Gasteiger partial charge in [0, 0.05) is 18.8 Å². The Morgan fingerprint density at radius 1 is 1.43 bits per heavy atom. The highest BCUT2D eigenvalue weighted by Gasteiger charge is 1.97. The van der Waals surface area contributed by atoms with Crippen molar-refractivity contribution < 1.29 is 4.74 Å². The van der Waals surface area contributed by atoms with E-state index >= 15 is 0 Å². The second kappa shape index (κ2) is 5.98. The molecule has 0 aliphatic heterocycles. The van der Waals surface area contributed by atoms with Crippen LogP contribution in [0.25, 0.3) is 0 Å². The van der Waals surface area contributed by atoms with Crippen LogP contribution in [0.3, 0.4) is 0 Å². The summed E-state index contributed by atoms with van der Waals surface area (Å²) < 4.78 is 5.21. The zero-order valence-corrected chi connectivity index (χ0v) is 8.36. The van der Waals surface area contributed by atoms with Crippen LogP contribution in [-0.2, 0) is 6.42 Å². The largest absolute Gasteiger partial charge is 0.462 e. The fourth-order valence-electron chi connectivity index (χ4n) is 1.04. The van der Waals surface area contributed by atoms with E-state index in [1.807, 2.05) is 0 Å².